The summed E-state index contributed by atoms with van der Waals surface area (Å²) >= 11 is 0. The molecule has 3 aromatic heterocycles. The van der Waals surface area contributed by atoms with Gasteiger partial charge in [0.25, 0.3) is 0 Å². The van der Waals surface area contributed by atoms with Crippen LogP contribution in [0.2, 0.25) is 0 Å². The van der Waals surface area contributed by atoms with Crippen molar-refractivity contribution in [2.75, 3.05) is 30.8 Å². The first kappa shape index (κ1) is 22.3. The van der Waals surface area contributed by atoms with E-state index in [4.69, 9.17) is 0 Å². The topological polar surface area (TPSA) is 120 Å². The molecule has 3 aromatic rings. The number of β-amino-alcohol motifs (C(OH)–C–C–N with tert-alkyl or cyclic N) is 1. The van der Waals surface area contributed by atoms with Crippen LogP contribution in [-0.4, -0.2) is 80.1 Å². The van der Waals surface area contributed by atoms with E-state index in [2.05, 4.69) is 32.0 Å². The Morgan fingerprint density at radius 1 is 1.27 bits per heavy atom. The fourth-order valence-corrected chi connectivity index (χ4v) is 7.24. The first-order valence-electron chi connectivity index (χ1n) is 11.5. The van der Waals surface area contributed by atoms with Gasteiger partial charge in [-0.1, -0.05) is 0 Å². The van der Waals surface area contributed by atoms with Gasteiger partial charge in [0.1, 0.15) is 17.8 Å². The second kappa shape index (κ2) is 8.69. The lowest BCUT2D eigenvalue weighted by atomic mass is 9.86. The van der Waals surface area contributed by atoms with Crippen LogP contribution in [0.15, 0.2) is 37.1 Å². The van der Waals surface area contributed by atoms with E-state index in [1.807, 2.05) is 12.3 Å². The van der Waals surface area contributed by atoms with Gasteiger partial charge in [-0.2, -0.15) is 9.40 Å². The van der Waals surface area contributed by atoms with Gasteiger partial charge >= 0.3 is 0 Å². The number of rotatable bonds is 7. The zero-order valence-corrected chi connectivity index (χ0v) is 19.7. The minimum absolute atomic E-state index is 0.133. The molecule has 0 bridgehead atoms. The molecule has 0 radical (unpaired) electrons. The molecule has 10 nitrogen and oxygen atoms in total. The number of anilines is 1. The Morgan fingerprint density at radius 2 is 2.09 bits per heavy atom. The Morgan fingerprint density at radius 3 is 2.85 bits per heavy atom. The van der Waals surface area contributed by atoms with E-state index in [1.54, 1.807) is 29.5 Å². The number of H-pyrrole nitrogens is 1. The van der Waals surface area contributed by atoms with Gasteiger partial charge in [-0.15, -0.1) is 0 Å². The van der Waals surface area contributed by atoms with E-state index in [9.17, 15) is 13.5 Å². The van der Waals surface area contributed by atoms with Crippen LogP contribution < -0.4 is 4.90 Å². The second-order valence-electron chi connectivity index (χ2n) is 9.51. The van der Waals surface area contributed by atoms with E-state index in [0.717, 1.165) is 42.5 Å². The number of nitrogens with one attached hydrogen (secondary N) is 1. The predicted octanol–water partition coefficient (Wildman–Crippen LogP) is 1.62. The van der Waals surface area contributed by atoms with Crippen LogP contribution in [0, 0.1) is 5.92 Å². The molecule has 11 heteroatoms. The molecule has 4 heterocycles. The van der Waals surface area contributed by atoms with Gasteiger partial charge in [-0.05, 0) is 50.2 Å². The summed E-state index contributed by atoms with van der Waals surface area (Å²) < 4.78 is 29.3. The highest BCUT2D eigenvalue weighted by molar-refractivity contribution is 7.89. The smallest absolute Gasteiger partial charge is 0.214 e. The number of hydrogen-bond acceptors (Lipinski definition) is 7. The van der Waals surface area contributed by atoms with E-state index >= 15 is 0 Å². The molecule has 2 aliphatic rings. The fourth-order valence-electron chi connectivity index (χ4n) is 5.30. The van der Waals surface area contributed by atoms with E-state index in [1.165, 1.54) is 4.31 Å². The molecular weight excluding hydrogens is 442 g/mol. The molecule has 1 atom stereocenters. The number of aromatic amines is 1. The minimum atomic E-state index is -3.42. The molecule has 1 aliphatic carbocycles. The number of aliphatic hydroxyl groups is 1. The van der Waals surface area contributed by atoms with Crippen molar-refractivity contribution in [2.45, 2.75) is 50.3 Å². The maximum Gasteiger partial charge on any atom is 0.214 e. The molecule has 0 amide bonds. The average Bonchev–Trinajstić information content (AvgIpc) is 3.55. The predicted molar refractivity (Wildman–Crippen MR) is 125 cm³/mol. The molecular formula is C22H31N7O3S. The van der Waals surface area contributed by atoms with Crippen molar-refractivity contribution in [3.8, 4) is 0 Å². The Labute approximate surface area is 193 Å². The summed E-state index contributed by atoms with van der Waals surface area (Å²) in [6.45, 7) is 0.799. The average molecular weight is 474 g/mol. The first-order valence-corrected chi connectivity index (χ1v) is 13.1. The third kappa shape index (κ3) is 4.62. The lowest BCUT2D eigenvalue weighted by Gasteiger charge is -2.35. The fraction of sp³-hybridized carbons (Fsp3) is 0.591. The monoisotopic (exact) mass is 473 g/mol. The SMILES string of the molecule is CN(c1ncnc2[nH]ccc12)C1CCC(CS(=O)(=O)N2CCC(O)(Cn3cccn3)C2)CC1. The van der Waals surface area contributed by atoms with Crippen molar-refractivity contribution < 1.29 is 13.5 Å². The van der Waals surface area contributed by atoms with Crippen LogP contribution in [0.4, 0.5) is 5.82 Å². The molecule has 33 heavy (non-hydrogen) atoms. The molecule has 2 fully saturated rings. The number of hydrogen-bond donors (Lipinski definition) is 2. The Kier molecular flexibility index (Phi) is 5.87. The van der Waals surface area contributed by atoms with E-state index in [-0.39, 0.29) is 18.2 Å². The van der Waals surface area contributed by atoms with Crippen LogP contribution in [0.3, 0.4) is 0 Å². The quantitative estimate of drug-likeness (QED) is 0.535. The summed E-state index contributed by atoms with van der Waals surface area (Å²) in [5.74, 6) is 1.19. The normalized spacial score (nSPS) is 26.7. The molecule has 5 rings (SSSR count). The molecule has 1 saturated carbocycles. The second-order valence-corrected chi connectivity index (χ2v) is 11.5. The highest BCUT2D eigenvalue weighted by Crippen LogP contribution is 2.33. The van der Waals surface area contributed by atoms with Crippen molar-refractivity contribution in [3.63, 3.8) is 0 Å². The van der Waals surface area contributed by atoms with Crippen LogP contribution in [0.1, 0.15) is 32.1 Å². The van der Waals surface area contributed by atoms with Gasteiger partial charge < -0.3 is 15.0 Å². The lowest BCUT2D eigenvalue weighted by Crippen LogP contribution is -2.42. The molecule has 0 spiro atoms. The molecule has 0 aromatic carbocycles. The third-order valence-electron chi connectivity index (χ3n) is 7.18. The highest BCUT2D eigenvalue weighted by atomic mass is 32.2. The summed E-state index contributed by atoms with van der Waals surface area (Å²) in [6.07, 6.45) is 10.9. The largest absolute Gasteiger partial charge is 0.387 e. The maximum absolute atomic E-state index is 13.1. The summed E-state index contributed by atoms with van der Waals surface area (Å²) in [5, 5.41) is 16.0. The van der Waals surface area contributed by atoms with Crippen molar-refractivity contribution in [3.05, 3.63) is 37.1 Å². The Bertz CT molecular complexity index is 1190. The van der Waals surface area contributed by atoms with Gasteiger partial charge in [0.2, 0.25) is 10.0 Å². The van der Waals surface area contributed by atoms with E-state index in [0.29, 0.717) is 25.6 Å². The Balaban J connectivity index is 1.17. The minimum Gasteiger partial charge on any atom is -0.387 e. The summed E-state index contributed by atoms with van der Waals surface area (Å²) in [4.78, 5) is 14.1. The molecule has 178 valence electrons. The Hall–Kier alpha value is -2.50. The standard InChI is InChI=1S/C22H31N7O3S/c1-27(21-19-7-10-23-20(19)24-16-25-21)18-5-3-17(4-6-18)13-33(31,32)29-12-8-22(30,15-29)14-28-11-2-9-26-28/h2,7,9-11,16-18,30H,3-6,8,12-15H2,1H3,(H,23,24,25). The number of nitrogens with zero attached hydrogens (tertiary/aromatic N) is 6. The van der Waals surface area contributed by atoms with Crippen LogP contribution in [0.5, 0.6) is 0 Å². The van der Waals surface area contributed by atoms with Gasteiger partial charge in [-0.3, -0.25) is 4.68 Å². The zero-order valence-electron chi connectivity index (χ0n) is 18.8. The first-order chi connectivity index (χ1) is 15.8. The van der Waals surface area contributed by atoms with Gasteiger partial charge in [0.15, 0.2) is 0 Å². The molecule has 2 N–H and O–H groups in total. The number of sulfonamides is 1. The van der Waals surface area contributed by atoms with Crippen molar-refractivity contribution >= 4 is 26.9 Å². The summed E-state index contributed by atoms with van der Waals surface area (Å²) in [5.41, 5.74) is -0.245. The van der Waals surface area contributed by atoms with Crippen molar-refractivity contribution in [1.29, 1.82) is 0 Å². The molecule has 1 saturated heterocycles. The lowest BCUT2D eigenvalue weighted by molar-refractivity contribution is 0.0346. The third-order valence-corrected chi connectivity index (χ3v) is 9.17. The summed E-state index contributed by atoms with van der Waals surface area (Å²) in [6, 6.07) is 4.11. The molecule has 1 aliphatic heterocycles. The zero-order chi connectivity index (χ0) is 23.1. The summed E-state index contributed by atoms with van der Waals surface area (Å²) in [7, 11) is -1.36. The van der Waals surface area contributed by atoms with E-state index < -0.39 is 15.6 Å². The van der Waals surface area contributed by atoms with Gasteiger partial charge in [-0.25, -0.2) is 18.4 Å². The van der Waals surface area contributed by atoms with Gasteiger partial charge in [0, 0.05) is 44.8 Å². The van der Waals surface area contributed by atoms with Crippen LogP contribution >= 0.6 is 0 Å². The maximum atomic E-state index is 13.1. The number of aromatic nitrogens is 5. The van der Waals surface area contributed by atoms with Crippen molar-refractivity contribution in [2.24, 2.45) is 5.92 Å². The van der Waals surface area contributed by atoms with Crippen molar-refractivity contribution in [1.82, 2.24) is 29.0 Å². The van der Waals surface area contributed by atoms with Gasteiger partial charge in [0.05, 0.1) is 23.3 Å². The number of fused-ring (bicyclic) bond motifs is 1. The van der Waals surface area contributed by atoms with Crippen LogP contribution in [-0.2, 0) is 16.6 Å². The molecule has 1 unspecified atom stereocenters. The highest BCUT2D eigenvalue weighted by Gasteiger charge is 2.42. The van der Waals surface area contributed by atoms with Crippen LogP contribution in [0.25, 0.3) is 11.0 Å².